The average molecular weight is 238 g/mol. The van der Waals surface area contributed by atoms with Gasteiger partial charge in [-0.3, -0.25) is 13.5 Å². The standard InChI is InChI=1S/C7H14N2O5S/c1-15(12,13)14-3-2-7(11)9-4-6(8)5-10/h5-6H,1-4,8H2,(H,9,11)(H,12,13). The molecule has 0 bridgehead atoms. The van der Waals surface area contributed by atoms with Crippen molar-refractivity contribution < 1.29 is 22.5 Å². The van der Waals surface area contributed by atoms with Gasteiger partial charge < -0.3 is 15.8 Å². The van der Waals surface area contributed by atoms with Crippen molar-refractivity contribution >= 4 is 28.1 Å². The zero-order valence-electron chi connectivity index (χ0n) is 8.05. The van der Waals surface area contributed by atoms with Crippen LogP contribution in [0.3, 0.4) is 0 Å². The smallest absolute Gasteiger partial charge is 0.222 e. The van der Waals surface area contributed by atoms with Crippen LogP contribution in [0, 0.1) is 0 Å². The molecule has 0 aromatic carbocycles. The normalized spacial score (nSPS) is 16.4. The number of nitrogens with one attached hydrogen (secondary N) is 1. The van der Waals surface area contributed by atoms with Gasteiger partial charge in [0, 0.05) is 12.4 Å². The quantitative estimate of drug-likeness (QED) is 0.353. The summed E-state index contributed by atoms with van der Waals surface area (Å²) in [5.74, 6) is 2.40. The predicted molar refractivity (Wildman–Crippen MR) is 55.5 cm³/mol. The van der Waals surface area contributed by atoms with E-state index in [2.05, 4.69) is 15.4 Å². The fourth-order valence-corrected chi connectivity index (χ4v) is 0.977. The van der Waals surface area contributed by atoms with E-state index in [1.165, 1.54) is 0 Å². The highest BCUT2D eigenvalue weighted by Crippen LogP contribution is 1.89. The molecule has 8 heteroatoms. The maximum atomic E-state index is 11.0. The Morgan fingerprint density at radius 1 is 1.73 bits per heavy atom. The fourth-order valence-electron chi connectivity index (χ4n) is 0.633. The van der Waals surface area contributed by atoms with Gasteiger partial charge in [0.05, 0.1) is 19.1 Å². The first kappa shape index (κ1) is 14.0. The summed E-state index contributed by atoms with van der Waals surface area (Å²) in [6.07, 6.45) is 0.409. The second kappa shape index (κ2) is 6.51. The van der Waals surface area contributed by atoms with Gasteiger partial charge in [-0.2, -0.15) is 0 Å². The molecule has 0 spiro atoms. The molecule has 2 unspecified atom stereocenters. The van der Waals surface area contributed by atoms with E-state index in [0.29, 0.717) is 6.29 Å². The van der Waals surface area contributed by atoms with Gasteiger partial charge in [-0.25, -0.2) is 4.21 Å². The van der Waals surface area contributed by atoms with E-state index in [1.54, 1.807) is 0 Å². The van der Waals surface area contributed by atoms with Crippen molar-refractivity contribution in [1.82, 2.24) is 5.32 Å². The van der Waals surface area contributed by atoms with Crippen molar-refractivity contribution in [3.05, 3.63) is 0 Å². The van der Waals surface area contributed by atoms with Crippen molar-refractivity contribution in [3.8, 4) is 0 Å². The number of carbonyl (C=O) groups is 2. The van der Waals surface area contributed by atoms with Crippen LogP contribution in [0.2, 0.25) is 0 Å². The van der Waals surface area contributed by atoms with Crippen LogP contribution in [0.4, 0.5) is 0 Å². The molecule has 2 atom stereocenters. The van der Waals surface area contributed by atoms with E-state index in [1.807, 2.05) is 0 Å². The minimum atomic E-state index is -3.52. The maximum absolute atomic E-state index is 11.0. The molecule has 0 aromatic heterocycles. The molecule has 0 heterocycles. The van der Waals surface area contributed by atoms with Gasteiger partial charge >= 0.3 is 0 Å². The lowest BCUT2D eigenvalue weighted by Gasteiger charge is -2.07. The summed E-state index contributed by atoms with van der Waals surface area (Å²) in [5.41, 5.74) is 5.21. The fraction of sp³-hybridized carbons (Fsp3) is 0.571. The molecule has 0 aromatic rings. The third kappa shape index (κ3) is 9.35. The summed E-state index contributed by atoms with van der Waals surface area (Å²) >= 11 is 0. The summed E-state index contributed by atoms with van der Waals surface area (Å²) < 4.78 is 23.4. The van der Waals surface area contributed by atoms with Gasteiger partial charge in [0.15, 0.2) is 10.1 Å². The average Bonchev–Trinajstić information content (AvgIpc) is 2.12. The van der Waals surface area contributed by atoms with Crippen LogP contribution in [0.25, 0.3) is 0 Å². The molecule has 0 aliphatic rings. The van der Waals surface area contributed by atoms with E-state index in [4.69, 9.17) is 10.3 Å². The lowest BCUT2D eigenvalue weighted by Crippen LogP contribution is -2.38. The monoisotopic (exact) mass is 238 g/mol. The molecule has 0 radical (unpaired) electrons. The van der Waals surface area contributed by atoms with E-state index < -0.39 is 22.0 Å². The third-order valence-electron chi connectivity index (χ3n) is 1.31. The number of hydrogen-bond donors (Lipinski definition) is 3. The van der Waals surface area contributed by atoms with Crippen molar-refractivity contribution in [2.24, 2.45) is 5.73 Å². The zero-order valence-corrected chi connectivity index (χ0v) is 8.87. The van der Waals surface area contributed by atoms with Gasteiger partial charge in [-0.1, -0.05) is 0 Å². The number of carbonyl (C=O) groups excluding carboxylic acids is 2. The highest BCUT2D eigenvalue weighted by atomic mass is 32.2. The molecule has 1 amide bonds. The second-order valence-corrected chi connectivity index (χ2v) is 4.16. The van der Waals surface area contributed by atoms with Crippen LogP contribution < -0.4 is 11.1 Å². The van der Waals surface area contributed by atoms with Crippen LogP contribution in [0.1, 0.15) is 6.42 Å². The number of amides is 1. The lowest BCUT2D eigenvalue weighted by molar-refractivity contribution is -0.121. The van der Waals surface area contributed by atoms with E-state index in [9.17, 15) is 13.8 Å². The first-order valence-electron chi connectivity index (χ1n) is 4.07. The molecule has 0 saturated carbocycles. The Bertz CT molecular complexity index is 313. The van der Waals surface area contributed by atoms with Gasteiger partial charge in [0.1, 0.15) is 6.29 Å². The zero-order chi connectivity index (χ0) is 11.9. The Morgan fingerprint density at radius 2 is 2.33 bits per heavy atom. The number of rotatable bonds is 7. The summed E-state index contributed by atoms with van der Waals surface area (Å²) in [7, 11) is -3.52. The van der Waals surface area contributed by atoms with Gasteiger partial charge in [0.2, 0.25) is 5.91 Å². The molecular formula is C7H14N2O5S. The van der Waals surface area contributed by atoms with E-state index in [0.717, 1.165) is 0 Å². The Morgan fingerprint density at radius 3 is 2.80 bits per heavy atom. The third-order valence-corrected chi connectivity index (χ3v) is 1.84. The summed E-state index contributed by atoms with van der Waals surface area (Å²) in [6, 6.07) is -0.746. The number of aldehydes is 1. The first-order chi connectivity index (χ1) is 6.85. The molecule has 0 aliphatic heterocycles. The number of nitrogens with two attached hydrogens (primary N) is 1. The Kier molecular flexibility index (Phi) is 6.09. The van der Waals surface area contributed by atoms with Crippen LogP contribution in [-0.2, 0) is 23.9 Å². The largest absolute Gasteiger partial charge is 0.354 e. The molecule has 88 valence electrons. The van der Waals surface area contributed by atoms with Crippen molar-refractivity contribution in [2.75, 3.05) is 13.2 Å². The van der Waals surface area contributed by atoms with Crippen LogP contribution in [0.15, 0.2) is 0 Å². The Balaban J connectivity index is 3.63. The van der Waals surface area contributed by atoms with Crippen LogP contribution >= 0.6 is 0 Å². The van der Waals surface area contributed by atoms with E-state index in [-0.39, 0.29) is 19.6 Å². The Labute approximate surface area is 88.0 Å². The van der Waals surface area contributed by atoms with Gasteiger partial charge in [-0.15, -0.1) is 0 Å². The molecule has 7 nitrogen and oxygen atoms in total. The molecule has 4 N–H and O–H groups in total. The molecule has 0 saturated heterocycles. The predicted octanol–water partition coefficient (Wildman–Crippen LogP) is -1.86. The summed E-state index contributed by atoms with van der Waals surface area (Å²) in [5, 5.41) is 2.35. The number of hydrogen-bond acceptors (Lipinski definition) is 5. The van der Waals surface area contributed by atoms with Gasteiger partial charge in [0.25, 0.3) is 0 Å². The maximum Gasteiger partial charge on any atom is 0.222 e. The van der Waals surface area contributed by atoms with Crippen molar-refractivity contribution in [2.45, 2.75) is 12.5 Å². The topological polar surface area (TPSA) is 119 Å². The highest BCUT2D eigenvalue weighted by Gasteiger charge is 2.05. The molecular weight excluding hydrogens is 224 g/mol. The SMILES string of the molecule is C=S(=O)(O)OCCC(=O)NCC(N)C=O. The van der Waals surface area contributed by atoms with Gasteiger partial charge in [-0.05, 0) is 0 Å². The molecule has 15 heavy (non-hydrogen) atoms. The summed E-state index contributed by atoms with van der Waals surface area (Å²) in [6.45, 7) is -0.192. The molecule has 0 rings (SSSR count). The minimum Gasteiger partial charge on any atom is -0.354 e. The second-order valence-electron chi connectivity index (χ2n) is 2.76. The van der Waals surface area contributed by atoms with Crippen molar-refractivity contribution in [3.63, 3.8) is 0 Å². The van der Waals surface area contributed by atoms with E-state index >= 15 is 0 Å². The highest BCUT2D eigenvalue weighted by molar-refractivity contribution is 7.90. The Hall–Kier alpha value is -0.960. The molecule has 0 fully saturated rings. The lowest BCUT2D eigenvalue weighted by atomic mass is 10.3. The van der Waals surface area contributed by atoms with Crippen LogP contribution in [0.5, 0.6) is 0 Å². The minimum absolute atomic E-state index is 0.0290. The molecule has 0 aliphatic carbocycles. The summed E-state index contributed by atoms with van der Waals surface area (Å²) in [4.78, 5) is 21.1. The first-order valence-corrected chi connectivity index (χ1v) is 5.67. The van der Waals surface area contributed by atoms with Crippen molar-refractivity contribution in [1.29, 1.82) is 0 Å². The van der Waals surface area contributed by atoms with Crippen LogP contribution in [-0.4, -0.2) is 46.0 Å².